The van der Waals surface area contributed by atoms with Gasteiger partial charge in [-0.25, -0.2) is 0 Å². The summed E-state index contributed by atoms with van der Waals surface area (Å²) in [5, 5.41) is 4.42. The highest BCUT2D eigenvalue weighted by atomic mass is 79.9. The Kier molecular flexibility index (Phi) is 6.22. The fraction of sp³-hybridized carbons (Fsp3) is 0.250. The van der Waals surface area contributed by atoms with E-state index < -0.39 is 0 Å². The van der Waals surface area contributed by atoms with Gasteiger partial charge in [-0.2, -0.15) is 0 Å². The maximum atomic E-state index is 5.99. The zero-order chi connectivity index (χ0) is 15.2. The number of benzene rings is 2. The molecule has 0 spiro atoms. The van der Waals surface area contributed by atoms with Gasteiger partial charge in [-0.15, -0.1) is 0 Å². The maximum Gasteiger partial charge on any atom is 0.133 e. The Bertz CT molecular complexity index is 619. The van der Waals surface area contributed by atoms with Crippen molar-refractivity contribution in [3.05, 3.63) is 56.5 Å². The minimum atomic E-state index is 0.547. The van der Waals surface area contributed by atoms with Crippen LogP contribution in [0.4, 0.5) is 5.69 Å². The van der Waals surface area contributed by atoms with Crippen LogP contribution in [-0.4, -0.2) is 6.61 Å². The predicted molar refractivity (Wildman–Crippen MR) is 93.7 cm³/mol. The molecule has 0 amide bonds. The molecule has 112 valence electrons. The Hall–Kier alpha value is -0.900. The van der Waals surface area contributed by atoms with Crippen molar-refractivity contribution in [1.29, 1.82) is 0 Å². The van der Waals surface area contributed by atoms with Crippen LogP contribution in [0.2, 0.25) is 10.0 Å². The van der Waals surface area contributed by atoms with Crippen molar-refractivity contribution in [1.82, 2.24) is 0 Å². The first-order valence-corrected chi connectivity index (χ1v) is 8.25. The summed E-state index contributed by atoms with van der Waals surface area (Å²) in [4.78, 5) is 0. The number of ether oxygens (including phenoxy) is 1. The summed E-state index contributed by atoms with van der Waals surface area (Å²) in [6, 6.07) is 11.6. The Morgan fingerprint density at radius 2 is 1.90 bits per heavy atom. The lowest BCUT2D eigenvalue weighted by Gasteiger charge is -2.11. The minimum Gasteiger partial charge on any atom is -0.492 e. The molecule has 0 fully saturated rings. The molecule has 0 radical (unpaired) electrons. The lowest BCUT2D eigenvalue weighted by molar-refractivity contribution is 0.315. The van der Waals surface area contributed by atoms with Gasteiger partial charge < -0.3 is 10.1 Å². The molecule has 2 aromatic rings. The smallest absolute Gasteiger partial charge is 0.133 e. The molecule has 0 saturated carbocycles. The van der Waals surface area contributed by atoms with Crippen LogP contribution in [0.1, 0.15) is 18.9 Å². The van der Waals surface area contributed by atoms with Crippen LogP contribution in [0.3, 0.4) is 0 Å². The van der Waals surface area contributed by atoms with E-state index in [0.29, 0.717) is 16.6 Å². The van der Waals surface area contributed by atoms with E-state index in [1.807, 2.05) is 24.3 Å². The zero-order valence-electron chi connectivity index (χ0n) is 11.6. The molecule has 0 unspecified atom stereocenters. The second-order valence-corrected chi connectivity index (χ2v) is 6.26. The van der Waals surface area contributed by atoms with Crippen molar-refractivity contribution in [2.24, 2.45) is 0 Å². The van der Waals surface area contributed by atoms with Gasteiger partial charge in [0.05, 0.1) is 21.1 Å². The quantitative estimate of drug-likeness (QED) is 0.639. The van der Waals surface area contributed by atoms with Gasteiger partial charge >= 0.3 is 0 Å². The highest BCUT2D eigenvalue weighted by Gasteiger charge is 2.03. The van der Waals surface area contributed by atoms with Crippen molar-refractivity contribution in [2.45, 2.75) is 19.9 Å². The molecule has 0 atom stereocenters. The number of nitrogens with one attached hydrogen (secondary N) is 1. The van der Waals surface area contributed by atoms with Crippen LogP contribution in [0, 0.1) is 0 Å². The Labute approximate surface area is 143 Å². The third-order valence-corrected chi connectivity index (χ3v) is 4.23. The van der Waals surface area contributed by atoms with Gasteiger partial charge in [-0.3, -0.25) is 0 Å². The summed E-state index contributed by atoms with van der Waals surface area (Å²) in [6.07, 6.45) is 0.993. The first-order chi connectivity index (χ1) is 10.1. The van der Waals surface area contributed by atoms with Crippen molar-refractivity contribution < 1.29 is 4.74 Å². The molecule has 2 rings (SSSR count). The maximum absolute atomic E-state index is 5.99. The molecule has 2 aromatic carbocycles. The molecular weight excluding hydrogens is 373 g/mol. The highest BCUT2D eigenvalue weighted by Crippen LogP contribution is 2.28. The van der Waals surface area contributed by atoms with Crippen molar-refractivity contribution in [3.63, 3.8) is 0 Å². The zero-order valence-corrected chi connectivity index (χ0v) is 14.7. The molecule has 21 heavy (non-hydrogen) atoms. The standard InChI is InChI=1S/C16H16BrCl2NO/c1-2-7-21-16-6-3-11(8-13(16)17)10-20-12-4-5-14(18)15(19)9-12/h3-6,8-9,20H,2,7,10H2,1H3. The molecule has 0 aliphatic carbocycles. The highest BCUT2D eigenvalue weighted by molar-refractivity contribution is 9.10. The average molecular weight is 389 g/mol. The Morgan fingerprint density at radius 3 is 2.57 bits per heavy atom. The van der Waals surface area contributed by atoms with Crippen LogP contribution in [0.15, 0.2) is 40.9 Å². The Morgan fingerprint density at radius 1 is 1.10 bits per heavy atom. The molecule has 0 heterocycles. The summed E-state index contributed by atoms with van der Waals surface area (Å²) in [7, 11) is 0. The van der Waals surface area contributed by atoms with Gasteiger partial charge in [-0.1, -0.05) is 36.2 Å². The molecule has 0 saturated heterocycles. The molecule has 0 aliphatic rings. The first-order valence-electron chi connectivity index (χ1n) is 6.70. The van der Waals surface area contributed by atoms with Gasteiger partial charge in [0, 0.05) is 12.2 Å². The normalized spacial score (nSPS) is 10.5. The van der Waals surface area contributed by atoms with E-state index in [2.05, 4.69) is 34.2 Å². The summed E-state index contributed by atoms with van der Waals surface area (Å²) in [6.45, 7) is 3.51. The van der Waals surface area contributed by atoms with E-state index in [4.69, 9.17) is 27.9 Å². The van der Waals surface area contributed by atoms with Gasteiger partial charge in [-0.05, 0) is 58.2 Å². The third kappa shape index (κ3) is 4.80. The van der Waals surface area contributed by atoms with Gasteiger partial charge in [0.15, 0.2) is 0 Å². The van der Waals surface area contributed by atoms with Gasteiger partial charge in [0.25, 0.3) is 0 Å². The summed E-state index contributed by atoms with van der Waals surface area (Å²) >= 11 is 15.4. The van der Waals surface area contributed by atoms with Crippen molar-refractivity contribution in [3.8, 4) is 5.75 Å². The lowest BCUT2D eigenvalue weighted by atomic mass is 10.2. The predicted octanol–water partition coefficient (Wildman–Crippen LogP) is 6.16. The molecule has 1 N–H and O–H groups in total. The van der Waals surface area contributed by atoms with E-state index in [1.54, 1.807) is 6.07 Å². The third-order valence-electron chi connectivity index (χ3n) is 2.87. The summed E-state index contributed by atoms with van der Waals surface area (Å²) in [5.74, 6) is 0.870. The number of rotatable bonds is 6. The molecular formula is C16H16BrCl2NO. The Balaban J connectivity index is 1.99. The van der Waals surface area contributed by atoms with Gasteiger partial charge in [0.2, 0.25) is 0 Å². The summed E-state index contributed by atoms with van der Waals surface area (Å²) in [5.41, 5.74) is 2.09. The van der Waals surface area contributed by atoms with Crippen LogP contribution in [-0.2, 0) is 6.54 Å². The van der Waals surface area contributed by atoms with Crippen LogP contribution in [0.25, 0.3) is 0 Å². The molecule has 0 aromatic heterocycles. The fourth-order valence-corrected chi connectivity index (χ4v) is 2.63. The van der Waals surface area contributed by atoms with Gasteiger partial charge in [0.1, 0.15) is 5.75 Å². The van der Waals surface area contributed by atoms with E-state index in [0.717, 1.165) is 34.5 Å². The molecule has 2 nitrogen and oxygen atoms in total. The van der Waals surface area contributed by atoms with E-state index in [9.17, 15) is 0 Å². The van der Waals surface area contributed by atoms with E-state index in [-0.39, 0.29) is 0 Å². The second kappa shape index (κ2) is 7.92. The largest absolute Gasteiger partial charge is 0.492 e. The number of halogens is 3. The minimum absolute atomic E-state index is 0.547. The van der Waals surface area contributed by atoms with Crippen LogP contribution >= 0.6 is 39.1 Å². The van der Waals surface area contributed by atoms with Crippen molar-refractivity contribution >= 4 is 44.8 Å². The molecule has 5 heteroatoms. The van der Waals surface area contributed by atoms with Crippen LogP contribution in [0.5, 0.6) is 5.75 Å². The van der Waals surface area contributed by atoms with E-state index in [1.165, 1.54) is 0 Å². The molecule has 0 bridgehead atoms. The van der Waals surface area contributed by atoms with Crippen molar-refractivity contribution in [2.75, 3.05) is 11.9 Å². The van der Waals surface area contributed by atoms with E-state index >= 15 is 0 Å². The average Bonchev–Trinajstić information content (AvgIpc) is 2.47. The lowest BCUT2D eigenvalue weighted by Crippen LogP contribution is -2.00. The summed E-state index contributed by atoms with van der Waals surface area (Å²) < 4.78 is 6.60. The topological polar surface area (TPSA) is 21.3 Å². The second-order valence-electron chi connectivity index (χ2n) is 4.60. The monoisotopic (exact) mass is 387 g/mol. The SMILES string of the molecule is CCCOc1ccc(CNc2ccc(Cl)c(Cl)c2)cc1Br. The number of anilines is 1. The fourth-order valence-electron chi connectivity index (χ4n) is 1.79. The van der Waals surface area contributed by atoms with Crippen LogP contribution < -0.4 is 10.1 Å². The number of hydrogen-bond donors (Lipinski definition) is 1. The molecule has 0 aliphatic heterocycles. The number of hydrogen-bond acceptors (Lipinski definition) is 2. The first kappa shape index (κ1) is 16.5.